The van der Waals surface area contributed by atoms with E-state index in [-0.39, 0.29) is 5.92 Å². The third kappa shape index (κ3) is 8.15. The summed E-state index contributed by atoms with van der Waals surface area (Å²) < 4.78 is 4.70. The monoisotopic (exact) mass is 287 g/mol. The van der Waals surface area contributed by atoms with Gasteiger partial charge in [0.1, 0.15) is 12.1 Å². The molecule has 1 amide bonds. The third-order valence-electron chi connectivity index (χ3n) is 3.15. The van der Waals surface area contributed by atoms with Crippen LogP contribution in [0.2, 0.25) is 0 Å². The molecule has 0 unspecified atom stereocenters. The van der Waals surface area contributed by atoms with Gasteiger partial charge >= 0.3 is 5.97 Å². The summed E-state index contributed by atoms with van der Waals surface area (Å²) in [6.45, 7) is 5.97. The lowest BCUT2D eigenvalue weighted by Crippen LogP contribution is -2.46. The number of aliphatic hydroxyl groups excluding tert-OH is 1. The maximum atomic E-state index is 11.8. The first-order valence-electron chi connectivity index (χ1n) is 7.48. The molecule has 118 valence electrons. The van der Waals surface area contributed by atoms with Crippen LogP contribution in [0.25, 0.3) is 0 Å². The molecule has 0 bridgehead atoms. The molecule has 0 saturated carbocycles. The number of methoxy groups -OCH3 is 1. The number of carbonyl (C=O) groups excluding carboxylic acids is 2. The molecule has 0 aromatic carbocycles. The van der Waals surface area contributed by atoms with E-state index < -0.39 is 24.0 Å². The number of hydrogen-bond donors (Lipinski definition) is 2. The Kier molecular flexibility index (Phi) is 10.1. The quantitative estimate of drug-likeness (QED) is 0.476. The molecular formula is C15H29NO4. The van der Waals surface area contributed by atoms with Crippen molar-refractivity contribution in [1.29, 1.82) is 0 Å². The van der Waals surface area contributed by atoms with E-state index in [1.165, 1.54) is 7.11 Å². The summed E-state index contributed by atoms with van der Waals surface area (Å²) >= 11 is 0. The van der Waals surface area contributed by atoms with Crippen molar-refractivity contribution in [2.45, 2.75) is 71.4 Å². The minimum atomic E-state index is -1.07. The fourth-order valence-corrected chi connectivity index (χ4v) is 1.99. The largest absolute Gasteiger partial charge is 0.467 e. The van der Waals surface area contributed by atoms with Crippen molar-refractivity contribution in [2.75, 3.05) is 7.11 Å². The fourth-order valence-electron chi connectivity index (χ4n) is 1.99. The molecule has 0 fully saturated rings. The smallest absolute Gasteiger partial charge is 0.328 e. The molecule has 5 heteroatoms. The van der Waals surface area contributed by atoms with E-state index in [2.05, 4.69) is 12.2 Å². The van der Waals surface area contributed by atoms with Crippen molar-refractivity contribution in [2.24, 2.45) is 5.92 Å². The molecule has 0 radical (unpaired) electrons. The van der Waals surface area contributed by atoms with Crippen LogP contribution < -0.4 is 5.32 Å². The van der Waals surface area contributed by atoms with E-state index in [0.29, 0.717) is 12.8 Å². The summed E-state index contributed by atoms with van der Waals surface area (Å²) in [5, 5.41) is 12.3. The molecule has 0 aliphatic rings. The van der Waals surface area contributed by atoms with Crippen LogP contribution in [-0.4, -0.2) is 36.2 Å². The molecule has 0 aliphatic carbocycles. The van der Waals surface area contributed by atoms with E-state index in [1.54, 1.807) is 0 Å². The number of rotatable bonds is 10. The number of hydrogen-bond acceptors (Lipinski definition) is 4. The van der Waals surface area contributed by atoms with Crippen molar-refractivity contribution in [3.8, 4) is 0 Å². The minimum Gasteiger partial charge on any atom is -0.467 e. The molecule has 5 nitrogen and oxygen atoms in total. The minimum absolute atomic E-state index is 0.219. The summed E-state index contributed by atoms with van der Waals surface area (Å²) in [4.78, 5) is 23.5. The van der Waals surface area contributed by atoms with E-state index in [0.717, 1.165) is 25.7 Å². The summed E-state index contributed by atoms with van der Waals surface area (Å²) in [5.41, 5.74) is 0. The lowest BCUT2D eigenvalue weighted by Gasteiger charge is -2.19. The van der Waals surface area contributed by atoms with Gasteiger partial charge in [-0.15, -0.1) is 0 Å². The van der Waals surface area contributed by atoms with Crippen LogP contribution >= 0.6 is 0 Å². The van der Waals surface area contributed by atoms with Gasteiger partial charge in [-0.2, -0.15) is 0 Å². The number of amides is 1. The van der Waals surface area contributed by atoms with Gasteiger partial charge in [0.05, 0.1) is 7.11 Å². The zero-order chi connectivity index (χ0) is 15.5. The number of carbonyl (C=O) groups is 2. The second kappa shape index (κ2) is 10.7. The van der Waals surface area contributed by atoms with Crippen LogP contribution in [0.3, 0.4) is 0 Å². The van der Waals surface area contributed by atoms with Gasteiger partial charge in [-0.25, -0.2) is 4.79 Å². The molecule has 2 atom stereocenters. The van der Waals surface area contributed by atoms with Crippen molar-refractivity contribution in [3.05, 3.63) is 0 Å². The molecule has 2 N–H and O–H groups in total. The summed E-state index contributed by atoms with van der Waals surface area (Å²) in [6.07, 6.45) is 3.96. The Morgan fingerprint density at radius 2 is 1.85 bits per heavy atom. The van der Waals surface area contributed by atoms with Crippen LogP contribution in [-0.2, 0) is 14.3 Å². The van der Waals surface area contributed by atoms with Gasteiger partial charge < -0.3 is 15.2 Å². The maximum Gasteiger partial charge on any atom is 0.328 e. The van der Waals surface area contributed by atoms with Crippen LogP contribution in [0, 0.1) is 5.92 Å². The normalized spacial score (nSPS) is 13.9. The number of ether oxygens (including phenoxy) is 1. The highest BCUT2D eigenvalue weighted by Crippen LogP contribution is 2.09. The van der Waals surface area contributed by atoms with Gasteiger partial charge in [0.15, 0.2) is 0 Å². The van der Waals surface area contributed by atoms with E-state index in [9.17, 15) is 14.7 Å². The van der Waals surface area contributed by atoms with Gasteiger partial charge in [-0.3, -0.25) is 4.79 Å². The molecular weight excluding hydrogens is 258 g/mol. The average molecular weight is 287 g/mol. The molecule has 0 aromatic heterocycles. The Morgan fingerprint density at radius 3 is 2.35 bits per heavy atom. The van der Waals surface area contributed by atoms with Crippen LogP contribution in [0.1, 0.15) is 59.3 Å². The van der Waals surface area contributed by atoms with Gasteiger partial charge in [-0.1, -0.05) is 46.5 Å². The highest BCUT2D eigenvalue weighted by Gasteiger charge is 2.24. The van der Waals surface area contributed by atoms with Crippen LogP contribution in [0.15, 0.2) is 0 Å². The standard InChI is InChI=1S/C15H29NO4/c1-5-6-7-8-9-12(15(19)20-4)16-14(18)13(17)10-11(2)3/h11-13,17H,5-10H2,1-4H3,(H,16,18)/t12-,13-/m1/s1. The number of nitrogens with one attached hydrogen (secondary N) is 1. The predicted molar refractivity (Wildman–Crippen MR) is 78.2 cm³/mol. The third-order valence-corrected chi connectivity index (χ3v) is 3.15. The van der Waals surface area contributed by atoms with Crippen molar-refractivity contribution >= 4 is 11.9 Å². The highest BCUT2D eigenvalue weighted by molar-refractivity contribution is 5.86. The topological polar surface area (TPSA) is 75.6 Å². The molecule has 0 spiro atoms. The first-order valence-corrected chi connectivity index (χ1v) is 7.48. The Hall–Kier alpha value is -1.10. The van der Waals surface area contributed by atoms with Crippen LogP contribution in [0.5, 0.6) is 0 Å². The summed E-state index contributed by atoms with van der Waals surface area (Å²) in [7, 11) is 1.30. The van der Waals surface area contributed by atoms with Gasteiger partial charge in [-0.05, 0) is 18.8 Å². The number of unbranched alkanes of at least 4 members (excludes halogenated alkanes) is 3. The number of aliphatic hydroxyl groups is 1. The SMILES string of the molecule is CCCCCC[C@@H](NC(=O)[C@H](O)CC(C)C)C(=O)OC. The Balaban J connectivity index is 4.33. The summed E-state index contributed by atoms with van der Waals surface area (Å²) in [6, 6.07) is -0.661. The Bertz CT molecular complexity index is 292. The number of esters is 1. The zero-order valence-corrected chi connectivity index (χ0v) is 13.1. The van der Waals surface area contributed by atoms with Gasteiger partial charge in [0.25, 0.3) is 0 Å². The molecule has 0 aliphatic heterocycles. The van der Waals surface area contributed by atoms with E-state index in [1.807, 2.05) is 13.8 Å². The predicted octanol–water partition coefficient (Wildman–Crippen LogP) is 2.02. The zero-order valence-electron chi connectivity index (χ0n) is 13.1. The maximum absolute atomic E-state index is 11.8. The molecule has 0 aromatic rings. The van der Waals surface area contributed by atoms with Crippen LogP contribution in [0.4, 0.5) is 0 Å². The fraction of sp³-hybridized carbons (Fsp3) is 0.867. The van der Waals surface area contributed by atoms with Crippen molar-refractivity contribution in [3.63, 3.8) is 0 Å². The molecule has 0 heterocycles. The molecule has 0 saturated heterocycles. The van der Waals surface area contributed by atoms with Gasteiger partial charge in [0, 0.05) is 0 Å². The highest BCUT2D eigenvalue weighted by atomic mass is 16.5. The molecule has 0 rings (SSSR count). The van der Waals surface area contributed by atoms with Gasteiger partial charge in [0.2, 0.25) is 5.91 Å². The van der Waals surface area contributed by atoms with E-state index >= 15 is 0 Å². The first-order chi connectivity index (χ1) is 9.42. The Morgan fingerprint density at radius 1 is 1.20 bits per heavy atom. The average Bonchev–Trinajstić information content (AvgIpc) is 2.40. The van der Waals surface area contributed by atoms with E-state index in [4.69, 9.17) is 4.74 Å². The summed E-state index contributed by atoms with van der Waals surface area (Å²) in [5.74, 6) is -0.729. The molecule has 20 heavy (non-hydrogen) atoms. The lowest BCUT2D eigenvalue weighted by atomic mass is 10.0. The Labute approximate surface area is 122 Å². The van der Waals surface area contributed by atoms with Crippen molar-refractivity contribution < 1.29 is 19.4 Å². The van der Waals surface area contributed by atoms with Crippen molar-refractivity contribution in [1.82, 2.24) is 5.32 Å². The lowest BCUT2D eigenvalue weighted by molar-refractivity contribution is -0.146. The second-order valence-corrected chi connectivity index (χ2v) is 5.58. The second-order valence-electron chi connectivity index (χ2n) is 5.58. The first kappa shape index (κ1) is 18.9.